The van der Waals surface area contributed by atoms with Crippen LogP contribution in [0.5, 0.6) is 0 Å². The highest BCUT2D eigenvalue weighted by Crippen LogP contribution is 2.24. The summed E-state index contributed by atoms with van der Waals surface area (Å²) in [5.74, 6) is 0.961. The van der Waals surface area contributed by atoms with E-state index < -0.39 is 11.2 Å². The summed E-state index contributed by atoms with van der Waals surface area (Å²) in [7, 11) is 0. The first-order valence-corrected chi connectivity index (χ1v) is 11.7. The quantitative estimate of drug-likeness (QED) is 0.632. The van der Waals surface area contributed by atoms with Crippen LogP contribution in [0.3, 0.4) is 0 Å². The van der Waals surface area contributed by atoms with Crippen molar-refractivity contribution in [2.24, 2.45) is 23.7 Å². The zero-order chi connectivity index (χ0) is 24.7. The summed E-state index contributed by atoms with van der Waals surface area (Å²) >= 11 is 0. The highest BCUT2D eigenvalue weighted by molar-refractivity contribution is 5.69. The summed E-state index contributed by atoms with van der Waals surface area (Å²) in [5, 5.41) is 9.21. The number of piperidine rings is 2. The standard InChI is InChI=1S/C12H23NO3.C12H21NO3/c2*1-9-5-6-13(7-10(9)8-14)11(15)16-12(2,3)4/h9-10,14H,5-8H2,1-4H3;8-10H,5-7H2,1-4H3. The van der Waals surface area contributed by atoms with Gasteiger partial charge in [0.2, 0.25) is 0 Å². The molecule has 2 amide bonds. The van der Waals surface area contributed by atoms with E-state index in [1.54, 1.807) is 9.80 Å². The molecule has 0 aromatic rings. The maximum atomic E-state index is 11.8. The Balaban J connectivity index is 0.000000320. The molecule has 0 aliphatic carbocycles. The normalized spacial score (nSPS) is 26.5. The van der Waals surface area contributed by atoms with Crippen molar-refractivity contribution in [3.63, 3.8) is 0 Å². The van der Waals surface area contributed by atoms with Crippen LogP contribution < -0.4 is 0 Å². The maximum Gasteiger partial charge on any atom is 0.410 e. The monoisotopic (exact) mass is 456 g/mol. The van der Waals surface area contributed by atoms with E-state index in [0.717, 1.165) is 25.7 Å². The summed E-state index contributed by atoms with van der Waals surface area (Å²) in [5.41, 5.74) is -0.925. The molecule has 4 unspecified atom stereocenters. The molecule has 2 aliphatic rings. The van der Waals surface area contributed by atoms with Gasteiger partial charge in [-0.1, -0.05) is 13.8 Å². The minimum Gasteiger partial charge on any atom is -0.444 e. The first-order valence-electron chi connectivity index (χ1n) is 11.7. The van der Waals surface area contributed by atoms with Crippen molar-refractivity contribution in [2.45, 2.75) is 79.4 Å². The third-order valence-electron chi connectivity index (χ3n) is 5.84. The molecule has 2 saturated heterocycles. The molecule has 4 atom stereocenters. The summed E-state index contributed by atoms with van der Waals surface area (Å²) < 4.78 is 10.6. The minimum absolute atomic E-state index is 0.0544. The number of aliphatic hydroxyl groups excluding tert-OH is 1. The number of aliphatic hydroxyl groups is 1. The summed E-state index contributed by atoms with van der Waals surface area (Å²) in [6.07, 6.45) is 2.16. The number of carbonyl (C=O) groups excluding carboxylic acids is 3. The van der Waals surface area contributed by atoms with E-state index in [2.05, 4.69) is 6.92 Å². The van der Waals surface area contributed by atoms with Gasteiger partial charge < -0.3 is 29.2 Å². The third-order valence-corrected chi connectivity index (χ3v) is 5.84. The highest BCUT2D eigenvalue weighted by Gasteiger charge is 2.32. The van der Waals surface area contributed by atoms with Gasteiger partial charge in [0.25, 0.3) is 0 Å². The lowest BCUT2D eigenvalue weighted by molar-refractivity contribution is -0.114. The fourth-order valence-electron chi connectivity index (χ4n) is 3.65. The Hall–Kier alpha value is -1.83. The number of hydrogen-bond acceptors (Lipinski definition) is 6. The van der Waals surface area contributed by atoms with Gasteiger partial charge in [-0.2, -0.15) is 0 Å². The molecule has 0 saturated carbocycles. The van der Waals surface area contributed by atoms with Gasteiger partial charge in [-0.05, 0) is 66.2 Å². The fraction of sp³-hybridized carbons (Fsp3) is 0.875. The molecule has 2 fully saturated rings. The van der Waals surface area contributed by atoms with E-state index in [9.17, 15) is 19.5 Å². The number of carbonyl (C=O) groups is 3. The lowest BCUT2D eigenvalue weighted by Crippen LogP contribution is -2.46. The van der Waals surface area contributed by atoms with Crippen molar-refractivity contribution in [1.29, 1.82) is 0 Å². The van der Waals surface area contributed by atoms with Crippen molar-refractivity contribution in [3.8, 4) is 0 Å². The summed E-state index contributed by atoms with van der Waals surface area (Å²) in [4.78, 5) is 37.7. The van der Waals surface area contributed by atoms with Gasteiger partial charge in [-0.15, -0.1) is 0 Å². The Labute approximate surface area is 193 Å². The molecule has 0 radical (unpaired) electrons. The van der Waals surface area contributed by atoms with E-state index >= 15 is 0 Å². The lowest BCUT2D eigenvalue weighted by atomic mass is 9.88. The Bertz CT molecular complexity index is 625. The van der Waals surface area contributed by atoms with Crippen molar-refractivity contribution in [3.05, 3.63) is 0 Å². The SMILES string of the molecule is CC1CCN(C(=O)OC(C)(C)C)CC1C=O.CC1CCN(C(=O)OC(C)(C)C)CC1CO. The first kappa shape index (κ1) is 28.2. The number of ether oxygens (including phenoxy) is 2. The van der Waals surface area contributed by atoms with Crippen LogP contribution >= 0.6 is 0 Å². The van der Waals surface area contributed by atoms with Gasteiger partial charge in [-0.3, -0.25) is 0 Å². The zero-order valence-corrected chi connectivity index (χ0v) is 21.2. The second kappa shape index (κ2) is 11.9. The first-order chi connectivity index (χ1) is 14.7. The second-order valence-corrected chi connectivity index (χ2v) is 11.1. The highest BCUT2D eigenvalue weighted by atomic mass is 16.6. The van der Waals surface area contributed by atoms with E-state index in [-0.39, 0.29) is 30.6 Å². The van der Waals surface area contributed by atoms with Crippen molar-refractivity contribution < 1.29 is 29.0 Å². The van der Waals surface area contributed by atoms with Crippen molar-refractivity contribution in [1.82, 2.24) is 9.80 Å². The van der Waals surface area contributed by atoms with Crippen LogP contribution in [-0.4, -0.2) is 77.4 Å². The second-order valence-electron chi connectivity index (χ2n) is 11.1. The molecule has 2 heterocycles. The molecular weight excluding hydrogens is 412 g/mol. The van der Waals surface area contributed by atoms with Crippen LogP contribution in [0.25, 0.3) is 0 Å². The Kier molecular flexibility index (Phi) is 10.5. The molecule has 32 heavy (non-hydrogen) atoms. The third kappa shape index (κ3) is 9.76. The molecule has 0 spiro atoms. The Morgan fingerprint density at radius 3 is 1.72 bits per heavy atom. The van der Waals surface area contributed by atoms with Gasteiger partial charge in [-0.25, -0.2) is 9.59 Å². The van der Waals surface area contributed by atoms with Crippen LogP contribution in [0, 0.1) is 23.7 Å². The molecule has 2 aliphatic heterocycles. The van der Waals surface area contributed by atoms with E-state index in [4.69, 9.17) is 9.47 Å². The summed E-state index contributed by atoms with van der Waals surface area (Å²) in [6.45, 7) is 17.9. The number of hydrogen-bond donors (Lipinski definition) is 1. The van der Waals surface area contributed by atoms with Crippen LogP contribution in [0.2, 0.25) is 0 Å². The van der Waals surface area contributed by atoms with Crippen molar-refractivity contribution >= 4 is 18.5 Å². The average molecular weight is 457 g/mol. The minimum atomic E-state index is -0.475. The lowest BCUT2D eigenvalue weighted by Gasteiger charge is -2.36. The van der Waals surface area contributed by atoms with E-state index in [1.165, 1.54) is 0 Å². The Morgan fingerprint density at radius 1 is 0.875 bits per heavy atom. The molecule has 2 rings (SSSR count). The fourth-order valence-corrected chi connectivity index (χ4v) is 3.65. The van der Waals surface area contributed by atoms with Gasteiger partial charge in [0.05, 0.1) is 0 Å². The average Bonchev–Trinajstić information content (AvgIpc) is 2.66. The smallest absolute Gasteiger partial charge is 0.410 e. The molecule has 0 aromatic carbocycles. The molecule has 0 bridgehead atoms. The maximum absolute atomic E-state index is 11.8. The summed E-state index contributed by atoms with van der Waals surface area (Å²) in [6, 6.07) is 0. The van der Waals surface area contributed by atoms with Crippen LogP contribution in [0.4, 0.5) is 9.59 Å². The van der Waals surface area contributed by atoms with E-state index in [0.29, 0.717) is 31.5 Å². The van der Waals surface area contributed by atoms with Crippen molar-refractivity contribution in [2.75, 3.05) is 32.8 Å². The Morgan fingerprint density at radius 2 is 1.31 bits per heavy atom. The molecule has 0 aromatic heterocycles. The van der Waals surface area contributed by atoms with Crippen LogP contribution in [-0.2, 0) is 14.3 Å². The molecule has 186 valence electrons. The molecule has 8 heteroatoms. The van der Waals surface area contributed by atoms with Crippen LogP contribution in [0.1, 0.15) is 68.2 Å². The predicted molar refractivity (Wildman–Crippen MR) is 123 cm³/mol. The number of rotatable bonds is 2. The molecule has 1 N–H and O–H groups in total. The number of nitrogens with zero attached hydrogens (tertiary/aromatic N) is 2. The van der Waals surface area contributed by atoms with E-state index in [1.807, 2.05) is 48.5 Å². The zero-order valence-electron chi connectivity index (χ0n) is 21.2. The largest absolute Gasteiger partial charge is 0.444 e. The van der Waals surface area contributed by atoms with Gasteiger partial charge in [0.15, 0.2) is 0 Å². The van der Waals surface area contributed by atoms with Gasteiger partial charge in [0.1, 0.15) is 17.5 Å². The molecule has 8 nitrogen and oxygen atoms in total. The van der Waals surface area contributed by atoms with Crippen LogP contribution in [0.15, 0.2) is 0 Å². The van der Waals surface area contributed by atoms with Gasteiger partial charge in [0, 0.05) is 44.6 Å². The number of amides is 2. The topological polar surface area (TPSA) is 96.4 Å². The van der Waals surface area contributed by atoms with Gasteiger partial charge >= 0.3 is 12.2 Å². The predicted octanol–water partition coefficient (Wildman–Crippen LogP) is 3.95. The number of aldehydes is 1. The molecular formula is C24H44N2O6. The number of likely N-dealkylation sites (tertiary alicyclic amines) is 2.